The van der Waals surface area contributed by atoms with Gasteiger partial charge in [0, 0.05) is 18.2 Å². The molecule has 0 aliphatic rings. The number of sulfonamides is 1. The maximum Gasteiger partial charge on any atom is 0.389 e. The van der Waals surface area contributed by atoms with Crippen LogP contribution in [0.4, 0.5) is 30.2 Å². The second-order valence-corrected chi connectivity index (χ2v) is 6.98. The number of hydrogen-bond acceptors (Lipinski definition) is 5. The van der Waals surface area contributed by atoms with Crippen LogP contribution in [0.1, 0.15) is 12.0 Å². The fourth-order valence-corrected chi connectivity index (χ4v) is 2.72. The lowest BCUT2D eigenvalue weighted by Crippen LogP contribution is -2.12. The molecule has 0 aliphatic carbocycles. The number of nitro groups is 1. The van der Waals surface area contributed by atoms with Crippen LogP contribution in [0.25, 0.3) is 0 Å². The lowest BCUT2D eigenvalue weighted by Gasteiger charge is -2.11. The molecule has 0 aromatic heterocycles. The Kier molecular flexibility index (Phi) is 5.52. The topological polar surface area (TPSA) is 115 Å². The third kappa shape index (κ3) is 5.43. The number of primary sulfonamides is 1. The zero-order chi connectivity index (χ0) is 19.5. The van der Waals surface area contributed by atoms with Gasteiger partial charge < -0.3 is 5.32 Å². The van der Waals surface area contributed by atoms with E-state index in [0.717, 1.165) is 12.1 Å². The molecule has 0 fully saturated rings. The minimum atomic E-state index is -4.29. The van der Waals surface area contributed by atoms with Crippen molar-refractivity contribution in [2.45, 2.75) is 23.9 Å². The number of nitrogens with zero attached hydrogens (tertiary/aromatic N) is 1. The summed E-state index contributed by atoms with van der Waals surface area (Å²) in [4.78, 5) is 9.97. The molecule has 7 nitrogen and oxygen atoms in total. The maximum atomic E-state index is 12.3. The monoisotopic (exact) mass is 389 g/mol. The van der Waals surface area contributed by atoms with E-state index in [1.807, 2.05) is 0 Å². The standard InChI is InChI=1S/C15H14F3N3O4S/c16-15(17,18)7-6-10-2-1-3-11(8-10)20-13-5-4-12(26(19,24)25)9-14(13)21(22)23/h1-5,8-9,20H,6-7H2,(H2,19,24,25). The number of alkyl halides is 3. The van der Waals surface area contributed by atoms with Crippen molar-refractivity contribution in [2.24, 2.45) is 5.14 Å². The molecule has 26 heavy (non-hydrogen) atoms. The van der Waals surface area contributed by atoms with Gasteiger partial charge in [0.1, 0.15) is 5.69 Å². The SMILES string of the molecule is NS(=O)(=O)c1ccc(Nc2cccc(CCC(F)(F)F)c2)c([N+](=O)[O-])c1. The van der Waals surface area contributed by atoms with Gasteiger partial charge in [0.05, 0.1) is 9.82 Å². The van der Waals surface area contributed by atoms with Gasteiger partial charge in [-0.05, 0) is 36.2 Å². The Morgan fingerprint density at radius 2 is 1.85 bits per heavy atom. The van der Waals surface area contributed by atoms with Crippen LogP contribution in [0.3, 0.4) is 0 Å². The van der Waals surface area contributed by atoms with Gasteiger partial charge in [0.15, 0.2) is 0 Å². The van der Waals surface area contributed by atoms with Crippen molar-refractivity contribution in [1.82, 2.24) is 0 Å². The van der Waals surface area contributed by atoms with Crippen molar-refractivity contribution < 1.29 is 26.5 Å². The Labute approximate surface area is 146 Å². The number of benzene rings is 2. The predicted octanol–water partition coefficient (Wildman–Crippen LogP) is 3.48. The van der Waals surface area contributed by atoms with Gasteiger partial charge in [0.2, 0.25) is 10.0 Å². The largest absolute Gasteiger partial charge is 0.389 e. The second kappa shape index (κ2) is 7.30. The van der Waals surface area contributed by atoms with E-state index >= 15 is 0 Å². The van der Waals surface area contributed by atoms with Gasteiger partial charge in [-0.3, -0.25) is 10.1 Å². The number of nitrogens with two attached hydrogens (primary N) is 1. The van der Waals surface area contributed by atoms with E-state index in [-0.39, 0.29) is 12.1 Å². The first-order valence-corrected chi connectivity index (χ1v) is 8.74. The molecule has 0 bridgehead atoms. The molecule has 0 unspecified atom stereocenters. The summed E-state index contributed by atoms with van der Waals surface area (Å²) >= 11 is 0. The summed E-state index contributed by atoms with van der Waals surface area (Å²) in [5.41, 5.74) is 0.180. The summed E-state index contributed by atoms with van der Waals surface area (Å²) in [6, 6.07) is 9.05. The molecule has 2 rings (SSSR count). The number of rotatable bonds is 6. The van der Waals surface area contributed by atoms with Gasteiger partial charge in [-0.1, -0.05) is 12.1 Å². The first-order chi connectivity index (χ1) is 12.0. The molecule has 0 saturated heterocycles. The van der Waals surface area contributed by atoms with Gasteiger partial charge >= 0.3 is 6.18 Å². The number of nitrogens with one attached hydrogen (secondary N) is 1. The molecule has 11 heteroatoms. The molecule has 0 radical (unpaired) electrons. The highest BCUT2D eigenvalue weighted by Gasteiger charge is 2.26. The summed E-state index contributed by atoms with van der Waals surface area (Å²) in [6.45, 7) is 0. The van der Waals surface area contributed by atoms with E-state index < -0.39 is 38.1 Å². The van der Waals surface area contributed by atoms with Gasteiger partial charge in [0.25, 0.3) is 5.69 Å². The smallest absolute Gasteiger partial charge is 0.350 e. The lowest BCUT2D eigenvalue weighted by molar-refractivity contribution is -0.384. The predicted molar refractivity (Wildman–Crippen MR) is 88.6 cm³/mol. The number of anilines is 2. The quantitative estimate of drug-likeness (QED) is 0.580. The van der Waals surface area contributed by atoms with E-state index in [9.17, 15) is 31.7 Å². The zero-order valence-corrected chi connectivity index (χ0v) is 14.0. The van der Waals surface area contributed by atoms with Crippen molar-refractivity contribution in [3.8, 4) is 0 Å². The second-order valence-electron chi connectivity index (χ2n) is 5.42. The summed E-state index contributed by atoms with van der Waals surface area (Å²) in [6.07, 6.45) is -5.50. The molecule has 0 amide bonds. The molecule has 140 valence electrons. The van der Waals surface area contributed by atoms with Crippen LogP contribution in [-0.2, 0) is 16.4 Å². The van der Waals surface area contributed by atoms with Gasteiger partial charge in [-0.15, -0.1) is 0 Å². The number of halogens is 3. The van der Waals surface area contributed by atoms with Crippen LogP contribution < -0.4 is 10.5 Å². The Balaban J connectivity index is 2.29. The van der Waals surface area contributed by atoms with Crippen molar-refractivity contribution in [1.29, 1.82) is 0 Å². The third-order valence-electron chi connectivity index (χ3n) is 3.40. The Morgan fingerprint density at radius 3 is 2.42 bits per heavy atom. The molecule has 2 aromatic rings. The Morgan fingerprint density at radius 1 is 1.15 bits per heavy atom. The Hall–Kier alpha value is -2.66. The highest BCUT2D eigenvalue weighted by molar-refractivity contribution is 7.89. The highest BCUT2D eigenvalue weighted by atomic mass is 32.2. The molecule has 0 atom stereocenters. The Bertz CT molecular complexity index is 930. The van der Waals surface area contributed by atoms with Crippen LogP contribution in [-0.4, -0.2) is 19.5 Å². The van der Waals surface area contributed by atoms with Gasteiger partial charge in [-0.25, -0.2) is 13.6 Å². The lowest BCUT2D eigenvalue weighted by atomic mass is 10.1. The molecule has 0 spiro atoms. The zero-order valence-electron chi connectivity index (χ0n) is 13.2. The molecule has 0 aliphatic heterocycles. The van der Waals surface area contributed by atoms with Crippen molar-refractivity contribution >= 4 is 27.1 Å². The van der Waals surface area contributed by atoms with Crippen molar-refractivity contribution in [3.63, 3.8) is 0 Å². The van der Waals surface area contributed by atoms with Gasteiger partial charge in [-0.2, -0.15) is 13.2 Å². The minimum Gasteiger partial charge on any atom is -0.350 e. The van der Waals surface area contributed by atoms with Crippen LogP contribution in [0.5, 0.6) is 0 Å². The number of hydrogen-bond donors (Lipinski definition) is 2. The molecule has 2 aromatic carbocycles. The van der Waals surface area contributed by atoms with E-state index in [0.29, 0.717) is 11.3 Å². The van der Waals surface area contributed by atoms with E-state index in [1.165, 1.54) is 30.3 Å². The van der Waals surface area contributed by atoms with Crippen LogP contribution in [0, 0.1) is 10.1 Å². The fraction of sp³-hybridized carbons (Fsp3) is 0.200. The van der Waals surface area contributed by atoms with Crippen molar-refractivity contribution in [2.75, 3.05) is 5.32 Å². The molecule has 0 heterocycles. The van der Waals surface area contributed by atoms with Crippen LogP contribution in [0.15, 0.2) is 47.4 Å². The normalized spacial score (nSPS) is 12.0. The highest BCUT2D eigenvalue weighted by Crippen LogP contribution is 2.30. The van der Waals surface area contributed by atoms with E-state index in [1.54, 1.807) is 0 Å². The molecular weight excluding hydrogens is 375 g/mol. The molecule has 0 saturated carbocycles. The first-order valence-electron chi connectivity index (χ1n) is 7.20. The minimum absolute atomic E-state index is 0.0182. The number of nitro benzene ring substituents is 1. The molecular formula is C15H14F3N3O4S. The van der Waals surface area contributed by atoms with Crippen LogP contribution >= 0.6 is 0 Å². The summed E-state index contributed by atoms with van der Waals surface area (Å²) in [5, 5.41) is 18.8. The average Bonchev–Trinajstić information content (AvgIpc) is 2.52. The van der Waals surface area contributed by atoms with Crippen LogP contribution in [0.2, 0.25) is 0 Å². The first kappa shape index (κ1) is 19.7. The summed E-state index contributed by atoms with van der Waals surface area (Å²) in [5.74, 6) is 0. The number of aryl methyl sites for hydroxylation is 1. The van der Waals surface area contributed by atoms with E-state index in [2.05, 4.69) is 5.32 Å². The fourth-order valence-electron chi connectivity index (χ4n) is 2.19. The summed E-state index contributed by atoms with van der Waals surface area (Å²) in [7, 11) is -4.12. The maximum absolute atomic E-state index is 12.3. The average molecular weight is 389 g/mol. The summed E-state index contributed by atoms with van der Waals surface area (Å²) < 4.78 is 59.6. The third-order valence-corrected chi connectivity index (χ3v) is 4.31. The molecule has 3 N–H and O–H groups in total. The van der Waals surface area contributed by atoms with E-state index in [4.69, 9.17) is 5.14 Å². The van der Waals surface area contributed by atoms with Crippen molar-refractivity contribution in [3.05, 3.63) is 58.1 Å².